The van der Waals surface area contributed by atoms with Crippen LogP contribution in [0.15, 0.2) is 72.9 Å². The van der Waals surface area contributed by atoms with E-state index >= 15 is 0 Å². The number of rotatable bonds is 4. The summed E-state index contributed by atoms with van der Waals surface area (Å²) in [5, 5.41) is 13.9. The Morgan fingerprint density at radius 1 is 0.870 bits per heavy atom. The van der Waals surface area contributed by atoms with Crippen LogP contribution in [0.1, 0.15) is 11.4 Å². The van der Waals surface area contributed by atoms with E-state index < -0.39 is 0 Å². The van der Waals surface area contributed by atoms with Crippen LogP contribution >= 0.6 is 0 Å². The van der Waals surface area contributed by atoms with Crippen LogP contribution in [0.2, 0.25) is 0 Å². The summed E-state index contributed by atoms with van der Waals surface area (Å²) in [5.74, 6) is 1.48. The summed E-state index contributed by atoms with van der Waals surface area (Å²) in [6.45, 7) is 0. The molecule has 0 aliphatic heterocycles. The largest absolute Gasteiger partial charge is 0.326 e. The number of hydrogen-bond donors (Lipinski definition) is 3. The lowest BCUT2D eigenvalue weighted by molar-refractivity contribution is 0.972. The molecule has 1 aromatic heterocycles. The van der Waals surface area contributed by atoms with Crippen LogP contribution in [0.5, 0.6) is 0 Å². The maximum absolute atomic E-state index is 7.97. The molecule has 3 N–H and O–H groups in total. The molecule has 0 saturated carbocycles. The highest BCUT2D eigenvalue weighted by Gasteiger charge is 2.03. The zero-order valence-corrected chi connectivity index (χ0v) is 12.5. The molecule has 0 aliphatic rings. The molecular formula is C18H17N5. The Hall–Kier alpha value is -3.21. The quantitative estimate of drug-likeness (QED) is 0.509. The summed E-state index contributed by atoms with van der Waals surface area (Å²) in [4.78, 5) is 8.73. The Morgan fingerprint density at radius 3 is 2.30 bits per heavy atom. The lowest BCUT2D eigenvalue weighted by Crippen LogP contribution is -2.21. The lowest BCUT2D eigenvalue weighted by Gasteiger charge is -2.10. The number of benzene rings is 2. The first-order chi connectivity index (χ1) is 11.3. The van der Waals surface area contributed by atoms with Gasteiger partial charge in [-0.15, -0.1) is 0 Å². The van der Waals surface area contributed by atoms with Crippen molar-refractivity contribution in [3.8, 4) is 0 Å². The van der Waals surface area contributed by atoms with E-state index in [-0.39, 0.29) is 5.96 Å². The summed E-state index contributed by atoms with van der Waals surface area (Å²) in [6.07, 6.45) is 2.36. The van der Waals surface area contributed by atoms with E-state index in [2.05, 4.69) is 20.6 Å². The number of nitrogens with one attached hydrogen (secondary N) is 3. The molecule has 114 valence electrons. The van der Waals surface area contributed by atoms with E-state index in [4.69, 9.17) is 5.41 Å². The minimum absolute atomic E-state index is 0.167. The van der Waals surface area contributed by atoms with Gasteiger partial charge in [-0.25, -0.2) is 9.97 Å². The fourth-order valence-electron chi connectivity index (χ4n) is 2.16. The first-order valence-electron chi connectivity index (χ1n) is 7.33. The molecule has 1 heterocycles. The van der Waals surface area contributed by atoms with Gasteiger partial charge in [0, 0.05) is 18.3 Å². The summed E-state index contributed by atoms with van der Waals surface area (Å²) < 4.78 is 0. The van der Waals surface area contributed by atoms with Gasteiger partial charge < -0.3 is 10.6 Å². The maximum Gasteiger partial charge on any atom is 0.198 e. The van der Waals surface area contributed by atoms with E-state index in [9.17, 15) is 0 Å². The highest BCUT2D eigenvalue weighted by Crippen LogP contribution is 2.09. The second kappa shape index (κ2) is 7.17. The van der Waals surface area contributed by atoms with Gasteiger partial charge in [-0.1, -0.05) is 48.5 Å². The minimum atomic E-state index is 0.167. The van der Waals surface area contributed by atoms with Crippen molar-refractivity contribution in [1.29, 1.82) is 5.41 Å². The zero-order chi connectivity index (χ0) is 15.9. The van der Waals surface area contributed by atoms with Gasteiger partial charge in [-0.05, 0) is 23.8 Å². The van der Waals surface area contributed by atoms with Gasteiger partial charge in [0.15, 0.2) is 5.96 Å². The standard InChI is InChI=1S/C18H17N5/c19-18(21-15-9-5-2-6-10-15)23-16-11-12-20-17(22-16)13-14-7-3-1-4-8-14/h1-12H,13H2,(H3,19,20,21,22,23). The maximum atomic E-state index is 7.97. The topological polar surface area (TPSA) is 73.7 Å². The van der Waals surface area contributed by atoms with Crippen LogP contribution in [-0.4, -0.2) is 15.9 Å². The lowest BCUT2D eigenvalue weighted by atomic mass is 10.1. The number of hydrogen-bond acceptors (Lipinski definition) is 3. The van der Waals surface area contributed by atoms with Crippen molar-refractivity contribution in [2.45, 2.75) is 6.42 Å². The minimum Gasteiger partial charge on any atom is -0.326 e. The van der Waals surface area contributed by atoms with Gasteiger partial charge in [0.2, 0.25) is 0 Å². The fraction of sp³-hybridized carbons (Fsp3) is 0.0556. The third kappa shape index (κ3) is 4.38. The van der Waals surface area contributed by atoms with Gasteiger partial charge in [-0.3, -0.25) is 5.41 Å². The van der Waals surface area contributed by atoms with Gasteiger partial charge in [-0.2, -0.15) is 0 Å². The van der Waals surface area contributed by atoms with E-state index in [1.54, 1.807) is 12.3 Å². The second-order valence-electron chi connectivity index (χ2n) is 5.01. The molecule has 0 bridgehead atoms. The molecule has 23 heavy (non-hydrogen) atoms. The molecule has 5 heteroatoms. The molecule has 2 aromatic carbocycles. The summed E-state index contributed by atoms with van der Waals surface area (Å²) in [5.41, 5.74) is 2.01. The second-order valence-corrected chi connectivity index (χ2v) is 5.01. The molecule has 0 atom stereocenters. The highest BCUT2D eigenvalue weighted by atomic mass is 15.2. The molecule has 0 unspecified atom stereocenters. The van der Waals surface area contributed by atoms with E-state index in [0.29, 0.717) is 18.1 Å². The van der Waals surface area contributed by atoms with E-state index in [1.807, 2.05) is 60.7 Å². The highest BCUT2D eigenvalue weighted by molar-refractivity contribution is 6.00. The van der Waals surface area contributed by atoms with Crippen LogP contribution in [-0.2, 0) is 6.42 Å². The van der Waals surface area contributed by atoms with Crippen molar-refractivity contribution in [1.82, 2.24) is 9.97 Å². The molecular weight excluding hydrogens is 286 g/mol. The van der Waals surface area contributed by atoms with Crippen molar-refractivity contribution in [3.05, 3.63) is 84.3 Å². The molecule has 0 radical (unpaired) electrons. The number of nitrogens with zero attached hydrogens (tertiary/aromatic N) is 2. The number of guanidine groups is 1. The van der Waals surface area contributed by atoms with Crippen molar-refractivity contribution in [2.75, 3.05) is 10.6 Å². The summed E-state index contributed by atoms with van der Waals surface area (Å²) >= 11 is 0. The van der Waals surface area contributed by atoms with Crippen LogP contribution in [0.4, 0.5) is 11.5 Å². The molecule has 0 saturated heterocycles. The fourth-order valence-corrected chi connectivity index (χ4v) is 2.16. The predicted octanol–water partition coefficient (Wildman–Crippen LogP) is 3.53. The summed E-state index contributed by atoms with van der Waals surface area (Å²) in [6, 6.07) is 21.4. The Balaban J connectivity index is 1.64. The van der Waals surface area contributed by atoms with Gasteiger partial charge >= 0.3 is 0 Å². The molecule has 3 rings (SSSR count). The van der Waals surface area contributed by atoms with Crippen molar-refractivity contribution < 1.29 is 0 Å². The van der Waals surface area contributed by atoms with Gasteiger partial charge in [0.1, 0.15) is 11.6 Å². The third-order valence-electron chi connectivity index (χ3n) is 3.21. The zero-order valence-electron chi connectivity index (χ0n) is 12.5. The molecule has 0 aliphatic carbocycles. The van der Waals surface area contributed by atoms with Gasteiger partial charge in [0.25, 0.3) is 0 Å². The Bertz CT molecular complexity index is 772. The number of anilines is 2. The monoisotopic (exact) mass is 303 g/mol. The smallest absolute Gasteiger partial charge is 0.198 e. The SMILES string of the molecule is N=C(Nc1ccccc1)Nc1ccnc(Cc2ccccc2)n1. The molecule has 3 aromatic rings. The Morgan fingerprint density at radius 2 is 1.57 bits per heavy atom. The average Bonchev–Trinajstić information content (AvgIpc) is 2.57. The summed E-state index contributed by atoms with van der Waals surface area (Å²) in [7, 11) is 0. The predicted molar refractivity (Wildman–Crippen MR) is 92.7 cm³/mol. The Labute approximate surface area is 134 Å². The molecule has 0 amide bonds. The van der Waals surface area contributed by atoms with Crippen LogP contribution in [0, 0.1) is 5.41 Å². The van der Waals surface area contributed by atoms with E-state index in [1.165, 1.54) is 0 Å². The van der Waals surface area contributed by atoms with Crippen molar-refractivity contribution >= 4 is 17.5 Å². The molecule has 0 spiro atoms. The molecule has 5 nitrogen and oxygen atoms in total. The Kier molecular flexibility index (Phi) is 4.59. The first kappa shape index (κ1) is 14.7. The normalized spacial score (nSPS) is 10.1. The van der Waals surface area contributed by atoms with Crippen molar-refractivity contribution in [2.24, 2.45) is 0 Å². The van der Waals surface area contributed by atoms with Gasteiger partial charge in [0.05, 0.1) is 0 Å². The van der Waals surface area contributed by atoms with Crippen LogP contribution in [0.25, 0.3) is 0 Å². The average molecular weight is 303 g/mol. The van der Waals surface area contributed by atoms with Crippen LogP contribution < -0.4 is 10.6 Å². The third-order valence-corrected chi connectivity index (χ3v) is 3.21. The number of para-hydroxylation sites is 1. The van der Waals surface area contributed by atoms with E-state index in [0.717, 1.165) is 11.3 Å². The van der Waals surface area contributed by atoms with Crippen LogP contribution in [0.3, 0.4) is 0 Å². The first-order valence-corrected chi connectivity index (χ1v) is 7.33. The van der Waals surface area contributed by atoms with Crippen molar-refractivity contribution in [3.63, 3.8) is 0 Å². The number of aromatic nitrogens is 2. The molecule has 0 fully saturated rings.